The zero-order chi connectivity index (χ0) is 16.9. The number of hydrogen-bond acceptors (Lipinski definition) is 3. The number of guanidine groups is 1. The number of benzene rings is 1. The van der Waals surface area contributed by atoms with Gasteiger partial charge in [-0.25, -0.2) is 9.38 Å². The summed E-state index contributed by atoms with van der Waals surface area (Å²) in [7, 11) is 0. The van der Waals surface area contributed by atoms with Crippen molar-refractivity contribution >= 4 is 29.9 Å². The van der Waals surface area contributed by atoms with Gasteiger partial charge in [0.1, 0.15) is 17.7 Å². The van der Waals surface area contributed by atoms with Crippen molar-refractivity contribution in [1.82, 2.24) is 10.6 Å². The van der Waals surface area contributed by atoms with Crippen LogP contribution in [0.3, 0.4) is 0 Å². The third-order valence-electron chi connectivity index (χ3n) is 2.95. The van der Waals surface area contributed by atoms with Gasteiger partial charge in [0.2, 0.25) is 0 Å². The molecule has 0 aromatic heterocycles. The van der Waals surface area contributed by atoms with E-state index in [-0.39, 0.29) is 35.9 Å². The topological polar surface area (TPSA) is 54.9 Å². The molecule has 0 heterocycles. The number of aliphatic imine (C=N–C) groups is 1. The lowest BCUT2D eigenvalue weighted by Gasteiger charge is -2.15. The van der Waals surface area contributed by atoms with E-state index in [4.69, 9.17) is 9.47 Å². The maximum Gasteiger partial charge on any atom is 0.191 e. The third-order valence-corrected chi connectivity index (χ3v) is 2.95. The van der Waals surface area contributed by atoms with E-state index >= 15 is 0 Å². The van der Waals surface area contributed by atoms with Gasteiger partial charge in [0.15, 0.2) is 5.96 Å². The number of hydrogen-bond donors (Lipinski definition) is 2. The van der Waals surface area contributed by atoms with Crippen LogP contribution in [-0.4, -0.2) is 44.9 Å². The Hall–Kier alpha value is -1.09. The van der Waals surface area contributed by atoms with Gasteiger partial charge in [0, 0.05) is 32.4 Å². The molecule has 1 rings (SSSR count). The molecule has 0 spiro atoms. The lowest BCUT2D eigenvalue weighted by atomic mass is 10.3. The third kappa shape index (κ3) is 10.6. The Labute approximate surface area is 161 Å². The van der Waals surface area contributed by atoms with Crippen LogP contribution in [0.2, 0.25) is 0 Å². The molecule has 0 bridgehead atoms. The Bertz CT molecular complexity index is 475. The zero-order valence-electron chi connectivity index (χ0n) is 14.7. The zero-order valence-corrected chi connectivity index (χ0v) is 17.0. The van der Waals surface area contributed by atoms with E-state index in [9.17, 15) is 4.39 Å². The predicted molar refractivity (Wildman–Crippen MR) is 107 cm³/mol. The molecular weight excluding hydrogens is 424 g/mol. The van der Waals surface area contributed by atoms with Crippen LogP contribution < -0.4 is 15.4 Å². The van der Waals surface area contributed by atoms with Crippen LogP contribution in [0.5, 0.6) is 5.75 Å². The van der Waals surface area contributed by atoms with Crippen LogP contribution in [0.1, 0.15) is 27.2 Å². The molecule has 0 amide bonds. The first kappa shape index (κ1) is 22.9. The molecule has 1 unspecified atom stereocenters. The molecule has 138 valence electrons. The highest BCUT2D eigenvalue weighted by molar-refractivity contribution is 14.0. The van der Waals surface area contributed by atoms with Gasteiger partial charge in [-0.15, -0.1) is 24.0 Å². The second-order valence-corrected chi connectivity index (χ2v) is 5.08. The first-order chi connectivity index (χ1) is 11.2. The smallest absolute Gasteiger partial charge is 0.191 e. The number of nitrogens with zero attached hydrogens (tertiary/aromatic N) is 1. The Morgan fingerprint density at radius 2 is 2.08 bits per heavy atom. The molecule has 0 saturated heterocycles. The van der Waals surface area contributed by atoms with Crippen LogP contribution in [-0.2, 0) is 4.74 Å². The van der Waals surface area contributed by atoms with Gasteiger partial charge in [-0.05, 0) is 39.3 Å². The number of rotatable bonds is 10. The first-order valence-corrected chi connectivity index (χ1v) is 8.17. The summed E-state index contributed by atoms with van der Waals surface area (Å²) in [5, 5.41) is 6.44. The molecule has 0 aliphatic rings. The van der Waals surface area contributed by atoms with E-state index in [2.05, 4.69) is 15.6 Å². The second kappa shape index (κ2) is 14.3. The van der Waals surface area contributed by atoms with Crippen LogP contribution in [0, 0.1) is 5.82 Å². The molecular formula is C17H29FIN3O2. The van der Waals surface area contributed by atoms with Crippen molar-refractivity contribution in [1.29, 1.82) is 0 Å². The molecule has 0 fully saturated rings. The van der Waals surface area contributed by atoms with Crippen molar-refractivity contribution < 1.29 is 13.9 Å². The Balaban J connectivity index is 0.00000529. The number of ether oxygens (including phenoxy) is 2. The summed E-state index contributed by atoms with van der Waals surface area (Å²) < 4.78 is 24.1. The maximum atomic E-state index is 13.1. The van der Waals surface area contributed by atoms with Gasteiger partial charge in [0.05, 0.1) is 6.54 Å². The molecule has 7 heteroatoms. The Morgan fingerprint density at radius 1 is 1.29 bits per heavy atom. The van der Waals surface area contributed by atoms with Crippen molar-refractivity contribution in [3.63, 3.8) is 0 Å². The predicted octanol–water partition coefficient (Wildman–Crippen LogP) is 3.19. The van der Waals surface area contributed by atoms with Gasteiger partial charge in [-0.3, -0.25) is 0 Å². The minimum Gasteiger partial charge on any atom is -0.489 e. The highest BCUT2D eigenvalue weighted by atomic mass is 127. The lowest BCUT2D eigenvalue weighted by Crippen LogP contribution is -2.38. The lowest BCUT2D eigenvalue weighted by molar-refractivity contribution is 0.145. The van der Waals surface area contributed by atoms with Gasteiger partial charge in [-0.2, -0.15) is 0 Å². The fraction of sp³-hybridized carbons (Fsp3) is 0.588. The van der Waals surface area contributed by atoms with Crippen molar-refractivity contribution in [2.75, 3.05) is 32.8 Å². The summed E-state index contributed by atoms with van der Waals surface area (Å²) in [6.07, 6.45) is 0.781. The fourth-order valence-corrected chi connectivity index (χ4v) is 1.90. The van der Waals surface area contributed by atoms with Crippen molar-refractivity contribution in [2.45, 2.75) is 33.3 Å². The van der Waals surface area contributed by atoms with Crippen molar-refractivity contribution in [3.8, 4) is 5.75 Å². The summed E-state index contributed by atoms with van der Waals surface area (Å²) >= 11 is 0. The van der Waals surface area contributed by atoms with Gasteiger partial charge < -0.3 is 20.1 Å². The van der Waals surface area contributed by atoms with E-state index in [0.717, 1.165) is 38.7 Å². The van der Waals surface area contributed by atoms with Gasteiger partial charge in [-0.1, -0.05) is 6.07 Å². The summed E-state index contributed by atoms with van der Waals surface area (Å²) in [4.78, 5) is 4.48. The second-order valence-electron chi connectivity index (χ2n) is 5.08. The van der Waals surface area contributed by atoms with Crippen LogP contribution in [0.4, 0.5) is 4.39 Å². The molecule has 0 radical (unpaired) electrons. The molecule has 0 aliphatic heterocycles. The van der Waals surface area contributed by atoms with E-state index in [1.807, 2.05) is 20.8 Å². The van der Waals surface area contributed by atoms with Crippen molar-refractivity contribution in [2.24, 2.45) is 4.99 Å². The van der Waals surface area contributed by atoms with Crippen LogP contribution >= 0.6 is 24.0 Å². The van der Waals surface area contributed by atoms with E-state index in [1.54, 1.807) is 12.1 Å². The van der Waals surface area contributed by atoms with Crippen LogP contribution in [0.25, 0.3) is 0 Å². The quantitative estimate of drug-likeness (QED) is 0.247. The summed E-state index contributed by atoms with van der Waals surface area (Å²) in [5.74, 6) is 0.962. The number of halogens is 2. The molecule has 1 aromatic rings. The van der Waals surface area contributed by atoms with E-state index < -0.39 is 0 Å². The summed E-state index contributed by atoms with van der Waals surface area (Å²) in [6.45, 7) is 9.46. The number of nitrogens with one attached hydrogen (secondary N) is 2. The van der Waals surface area contributed by atoms with Gasteiger partial charge >= 0.3 is 0 Å². The molecule has 5 nitrogen and oxygen atoms in total. The average Bonchev–Trinajstić information content (AvgIpc) is 2.52. The molecule has 1 atom stereocenters. The van der Waals surface area contributed by atoms with E-state index in [0.29, 0.717) is 12.3 Å². The monoisotopic (exact) mass is 453 g/mol. The summed E-state index contributed by atoms with van der Waals surface area (Å²) in [5.41, 5.74) is 0. The standard InChI is InChI=1S/C17H28FN3O2.HI/c1-4-19-17(20-10-7-11-22-5-2)21-13-14(3)23-16-9-6-8-15(18)12-16;/h6,8-9,12,14H,4-5,7,10-11,13H2,1-3H3,(H2,19,20,21);1H. The Morgan fingerprint density at radius 3 is 2.75 bits per heavy atom. The highest BCUT2D eigenvalue weighted by Gasteiger charge is 2.05. The minimum absolute atomic E-state index is 0. The molecule has 24 heavy (non-hydrogen) atoms. The molecule has 2 N–H and O–H groups in total. The molecule has 0 aliphatic carbocycles. The maximum absolute atomic E-state index is 13.1. The first-order valence-electron chi connectivity index (χ1n) is 8.17. The average molecular weight is 453 g/mol. The summed E-state index contributed by atoms with van der Waals surface area (Å²) in [6, 6.07) is 6.13. The normalized spacial score (nSPS) is 12.2. The SMILES string of the molecule is CCNC(=NCC(C)Oc1cccc(F)c1)NCCCOCC.I. The van der Waals surface area contributed by atoms with E-state index in [1.165, 1.54) is 12.1 Å². The largest absolute Gasteiger partial charge is 0.489 e. The van der Waals surface area contributed by atoms with Gasteiger partial charge in [0.25, 0.3) is 0 Å². The fourth-order valence-electron chi connectivity index (χ4n) is 1.90. The highest BCUT2D eigenvalue weighted by Crippen LogP contribution is 2.13. The molecule has 1 aromatic carbocycles. The van der Waals surface area contributed by atoms with Crippen LogP contribution in [0.15, 0.2) is 29.3 Å². The van der Waals surface area contributed by atoms with Crippen molar-refractivity contribution in [3.05, 3.63) is 30.1 Å². The Kier molecular flexibility index (Phi) is 13.6. The minimum atomic E-state index is -0.303. The molecule has 0 saturated carbocycles.